The van der Waals surface area contributed by atoms with E-state index in [0.29, 0.717) is 17.6 Å². The topological polar surface area (TPSA) is 95.8 Å². The number of aliphatic hydroxyl groups excluding tert-OH is 1. The molecule has 1 unspecified atom stereocenters. The lowest BCUT2D eigenvalue weighted by Crippen LogP contribution is -2.30. The molecule has 21 heavy (non-hydrogen) atoms. The highest BCUT2D eigenvalue weighted by molar-refractivity contribution is 5.27. The van der Waals surface area contributed by atoms with Gasteiger partial charge in [0, 0.05) is 30.7 Å². The largest absolute Gasteiger partial charge is 0.391 e. The first kappa shape index (κ1) is 13.8. The first-order chi connectivity index (χ1) is 10.1. The van der Waals surface area contributed by atoms with Gasteiger partial charge in [-0.15, -0.1) is 0 Å². The van der Waals surface area contributed by atoms with E-state index in [9.17, 15) is 9.90 Å². The number of rotatable bonds is 4. The van der Waals surface area contributed by atoms with Crippen molar-refractivity contribution in [2.45, 2.75) is 38.5 Å². The second kappa shape index (κ2) is 5.69. The molecule has 1 aliphatic carbocycles. The van der Waals surface area contributed by atoms with Crippen molar-refractivity contribution in [3.05, 3.63) is 40.8 Å². The number of hydrogen-bond donors (Lipinski definition) is 3. The molecular formula is C14H19N5O2. The number of nitrogens with zero attached hydrogens (tertiary/aromatic N) is 3. The quantitative estimate of drug-likeness (QED) is 0.763. The lowest BCUT2D eigenvalue weighted by Gasteiger charge is -2.16. The minimum Gasteiger partial charge on any atom is -0.391 e. The summed E-state index contributed by atoms with van der Waals surface area (Å²) in [6.45, 7) is 2.61. The molecule has 0 amide bonds. The SMILES string of the molecule is Cc1cc(=O)[nH]c(N[C@@H]2CC(Cn3ccnc3)C[C@H]2O)n1. The van der Waals surface area contributed by atoms with Crippen LogP contribution in [0.5, 0.6) is 0 Å². The summed E-state index contributed by atoms with van der Waals surface area (Å²) in [6, 6.07) is 1.35. The Bertz CT molecular complexity index is 652. The maximum absolute atomic E-state index is 11.4. The number of H-pyrrole nitrogens is 1. The first-order valence-electron chi connectivity index (χ1n) is 7.08. The van der Waals surface area contributed by atoms with Gasteiger partial charge in [-0.2, -0.15) is 0 Å². The fourth-order valence-corrected chi connectivity index (χ4v) is 2.94. The van der Waals surface area contributed by atoms with Crippen LogP contribution in [-0.4, -0.2) is 36.8 Å². The molecule has 0 bridgehead atoms. The molecule has 0 saturated heterocycles. The summed E-state index contributed by atoms with van der Waals surface area (Å²) in [6.07, 6.45) is 6.58. The van der Waals surface area contributed by atoms with Crippen molar-refractivity contribution in [2.24, 2.45) is 5.92 Å². The van der Waals surface area contributed by atoms with Crippen molar-refractivity contribution in [1.82, 2.24) is 19.5 Å². The van der Waals surface area contributed by atoms with Crippen molar-refractivity contribution >= 4 is 5.95 Å². The van der Waals surface area contributed by atoms with Gasteiger partial charge in [-0.25, -0.2) is 9.97 Å². The third-order valence-electron chi connectivity index (χ3n) is 3.85. The van der Waals surface area contributed by atoms with E-state index in [1.807, 2.05) is 10.8 Å². The predicted octanol–water partition coefficient (Wildman–Crippen LogP) is 0.526. The minimum absolute atomic E-state index is 0.0940. The number of anilines is 1. The average Bonchev–Trinajstić information content (AvgIpc) is 3.00. The Labute approximate surface area is 122 Å². The number of aliphatic hydroxyl groups is 1. The van der Waals surface area contributed by atoms with Gasteiger partial charge in [0.15, 0.2) is 0 Å². The van der Waals surface area contributed by atoms with E-state index in [2.05, 4.69) is 20.3 Å². The molecule has 0 radical (unpaired) electrons. The maximum Gasteiger partial charge on any atom is 0.252 e. The van der Waals surface area contributed by atoms with Crippen LogP contribution in [0.25, 0.3) is 0 Å². The normalized spacial score (nSPS) is 25.1. The highest BCUT2D eigenvalue weighted by Crippen LogP contribution is 2.29. The Balaban J connectivity index is 1.65. The van der Waals surface area contributed by atoms with Crippen LogP contribution in [0.3, 0.4) is 0 Å². The van der Waals surface area contributed by atoms with Gasteiger partial charge >= 0.3 is 0 Å². The Morgan fingerprint density at radius 3 is 3.10 bits per heavy atom. The van der Waals surface area contributed by atoms with Crippen LogP contribution in [0.2, 0.25) is 0 Å². The third-order valence-corrected chi connectivity index (χ3v) is 3.85. The van der Waals surface area contributed by atoms with Gasteiger partial charge in [-0.3, -0.25) is 9.78 Å². The fraction of sp³-hybridized carbons (Fsp3) is 0.500. The molecule has 0 aliphatic heterocycles. The fourth-order valence-electron chi connectivity index (χ4n) is 2.94. The zero-order chi connectivity index (χ0) is 14.8. The number of aryl methyl sites for hydroxylation is 1. The molecule has 0 spiro atoms. The summed E-state index contributed by atoms with van der Waals surface area (Å²) < 4.78 is 2.02. The van der Waals surface area contributed by atoms with Crippen LogP contribution in [0.4, 0.5) is 5.95 Å². The van der Waals surface area contributed by atoms with E-state index in [0.717, 1.165) is 19.4 Å². The molecule has 3 N–H and O–H groups in total. The Morgan fingerprint density at radius 2 is 2.38 bits per heavy atom. The summed E-state index contributed by atoms with van der Waals surface area (Å²) >= 11 is 0. The van der Waals surface area contributed by atoms with Gasteiger partial charge in [0.1, 0.15) is 0 Å². The molecule has 2 aromatic heterocycles. The van der Waals surface area contributed by atoms with E-state index >= 15 is 0 Å². The number of nitrogens with one attached hydrogen (secondary N) is 2. The zero-order valence-electron chi connectivity index (χ0n) is 11.9. The minimum atomic E-state index is -0.440. The molecule has 1 aliphatic rings. The van der Waals surface area contributed by atoms with Crippen LogP contribution >= 0.6 is 0 Å². The average molecular weight is 289 g/mol. The van der Waals surface area contributed by atoms with Gasteiger partial charge in [-0.1, -0.05) is 0 Å². The monoisotopic (exact) mass is 289 g/mol. The van der Waals surface area contributed by atoms with Crippen molar-refractivity contribution < 1.29 is 5.11 Å². The van der Waals surface area contributed by atoms with E-state index < -0.39 is 6.10 Å². The molecule has 112 valence electrons. The number of aromatic amines is 1. The van der Waals surface area contributed by atoms with Crippen molar-refractivity contribution in [3.63, 3.8) is 0 Å². The van der Waals surface area contributed by atoms with Gasteiger partial charge in [0.2, 0.25) is 5.95 Å². The summed E-state index contributed by atoms with van der Waals surface area (Å²) in [5.74, 6) is 0.801. The Morgan fingerprint density at radius 1 is 1.52 bits per heavy atom. The third kappa shape index (κ3) is 3.30. The van der Waals surface area contributed by atoms with Crippen molar-refractivity contribution in [2.75, 3.05) is 5.32 Å². The van der Waals surface area contributed by atoms with E-state index in [4.69, 9.17) is 0 Å². The van der Waals surface area contributed by atoms with Gasteiger partial charge in [0.05, 0.1) is 18.5 Å². The highest BCUT2D eigenvalue weighted by atomic mass is 16.3. The van der Waals surface area contributed by atoms with Crippen LogP contribution < -0.4 is 10.9 Å². The molecule has 1 saturated carbocycles. The molecule has 0 aromatic carbocycles. The van der Waals surface area contributed by atoms with Gasteiger partial charge in [-0.05, 0) is 25.7 Å². The summed E-state index contributed by atoms with van der Waals surface area (Å²) in [4.78, 5) is 22.4. The van der Waals surface area contributed by atoms with Crippen LogP contribution in [0.15, 0.2) is 29.6 Å². The molecule has 7 heteroatoms. The maximum atomic E-state index is 11.4. The first-order valence-corrected chi connectivity index (χ1v) is 7.08. The molecule has 7 nitrogen and oxygen atoms in total. The van der Waals surface area contributed by atoms with Crippen LogP contribution in [0.1, 0.15) is 18.5 Å². The second-order valence-corrected chi connectivity index (χ2v) is 5.65. The van der Waals surface area contributed by atoms with Crippen molar-refractivity contribution in [1.29, 1.82) is 0 Å². The summed E-state index contributed by atoms with van der Waals surface area (Å²) in [5, 5.41) is 13.3. The van der Waals surface area contributed by atoms with Crippen LogP contribution in [0, 0.1) is 12.8 Å². The van der Waals surface area contributed by atoms with E-state index in [1.54, 1.807) is 19.4 Å². The van der Waals surface area contributed by atoms with Crippen LogP contribution in [-0.2, 0) is 6.54 Å². The Hall–Kier alpha value is -2.15. The lowest BCUT2D eigenvalue weighted by molar-refractivity contribution is 0.166. The standard InChI is InChI=1S/C14H19N5O2/c1-9-4-13(21)18-14(16-9)17-11-5-10(6-12(11)20)7-19-3-2-15-8-19/h2-4,8,10-12,20H,5-7H2,1H3,(H2,16,17,18,21)/t10?,11-,12-/m1/s1. The lowest BCUT2D eigenvalue weighted by atomic mass is 10.1. The summed E-state index contributed by atoms with van der Waals surface area (Å²) in [7, 11) is 0. The predicted molar refractivity (Wildman–Crippen MR) is 78.0 cm³/mol. The van der Waals surface area contributed by atoms with E-state index in [1.165, 1.54) is 6.07 Å². The van der Waals surface area contributed by atoms with Gasteiger partial charge in [0.25, 0.3) is 5.56 Å². The smallest absolute Gasteiger partial charge is 0.252 e. The molecule has 2 heterocycles. The molecule has 3 rings (SSSR count). The highest BCUT2D eigenvalue weighted by Gasteiger charge is 2.33. The number of hydrogen-bond acceptors (Lipinski definition) is 5. The van der Waals surface area contributed by atoms with E-state index in [-0.39, 0.29) is 11.6 Å². The van der Waals surface area contributed by atoms with Gasteiger partial charge < -0.3 is 15.0 Å². The Kier molecular flexibility index (Phi) is 3.74. The number of aromatic nitrogens is 4. The molecule has 1 fully saturated rings. The molecular weight excluding hydrogens is 270 g/mol. The van der Waals surface area contributed by atoms with Crippen molar-refractivity contribution in [3.8, 4) is 0 Å². The molecule has 2 aromatic rings. The zero-order valence-corrected chi connectivity index (χ0v) is 11.9. The second-order valence-electron chi connectivity index (χ2n) is 5.65. The molecule has 3 atom stereocenters. The summed E-state index contributed by atoms with van der Waals surface area (Å²) in [5.41, 5.74) is 0.469. The number of imidazole rings is 1.